The summed E-state index contributed by atoms with van der Waals surface area (Å²) >= 11 is 0. The molecule has 0 aromatic carbocycles. The molecule has 0 spiro atoms. The van der Waals surface area contributed by atoms with Gasteiger partial charge in [0.05, 0.1) is 6.07 Å². The second-order valence-electron chi connectivity index (χ2n) is 4.46. The molecule has 0 radical (unpaired) electrons. The molecule has 0 saturated carbocycles. The van der Waals surface area contributed by atoms with Gasteiger partial charge in [0.2, 0.25) is 11.8 Å². The number of nitrogens with one attached hydrogen (secondary N) is 2. The summed E-state index contributed by atoms with van der Waals surface area (Å²) in [6.45, 7) is 4.68. The van der Waals surface area contributed by atoms with Gasteiger partial charge in [-0.25, -0.2) is 0 Å². The Kier molecular flexibility index (Phi) is 9.65. The molecule has 5 heteroatoms. The molecule has 1 atom stereocenters. The van der Waals surface area contributed by atoms with Crippen molar-refractivity contribution in [1.29, 1.82) is 5.26 Å². The van der Waals surface area contributed by atoms with Gasteiger partial charge in [-0.1, -0.05) is 0 Å². The van der Waals surface area contributed by atoms with Crippen LogP contribution in [-0.2, 0) is 9.59 Å². The molecule has 0 fully saturated rings. The monoisotopic (exact) mass is 253 g/mol. The van der Waals surface area contributed by atoms with Gasteiger partial charge in [0, 0.05) is 32.4 Å². The van der Waals surface area contributed by atoms with Crippen molar-refractivity contribution in [2.75, 3.05) is 13.1 Å². The third kappa shape index (κ3) is 10.9. The molecule has 0 aromatic rings. The number of unbranched alkanes of at least 4 members (excludes halogenated alkanes) is 2. The van der Waals surface area contributed by atoms with Crippen LogP contribution in [0.5, 0.6) is 0 Å². The lowest BCUT2D eigenvalue weighted by Gasteiger charge is -2.06. The van der Waals surface area contributed by atoms with Crippen molar-refractivity contribution in [3.8, 4) is 6.07 Å². The highest BCUT2D eigenvalue weighted by Crippen LogP contribution is 2.03. The first-order valence-electron chi connectivity index (χ1n) is 6.47. The normalized spacial score (nSPS) is 11.4. The molecule has 0 bridgehead atoms. The van der Waals surface area contributed by atoms with E-state index in [9.17, 15) is 9.59 Å². The van der Waals surface area contributed by atoms with E-state index >= 15 is 0 Å². The van der Waals surface area contributed by atoms with Crippen LogP contribution < -0.4 is 10.6 Å². The van der Waals surface area contributed by atoms with Gasteiger partial charge >= 0.3 is 0 Å². The van der Waals surface area contributed by atoms with Crippen LogP contribution in [0.1, 0.15) is 46.0 Å². The SMILES string of the molecule is CC(=O)NCCCCCNC(=O)CCC(C)C#N. The largest absolute Gasteiger partial charge is 0.356 e. The molecule has 0 aromatic heterocycles. The Bertz CT molecular complexity index is 297. The molecule has 0 aliphatic rings. The number of nitriles is 1. The predicted molar refractivity (Wildman–Crippen MR) is 69.6 cm³/mol. The van der Waals surface area contributed by atoms with E-state index in [1.165, 1.54) is 6.92 Å². The van der Waals surface area contributed by atoms with Gasteiger partial charge in [-0.05, 0) is 32.6 Å². The molecule has 2 N–H and O–H groups in total. The molecule has 5 nitrogen and oxygen atoms in total. The predicted octanol–water partition coefficient (Wildman–Crippen LogP) is 1.35. The molecule has 0 aliphatic heterocycles. The molecule has 2 amide bonds. The van der Waals surface area contributed by atoms with E-state index in [0.717, 1.165) is 19.3 Å². The van der Waals surface area contributed by atoms with Crippen molar-refractivity contribution in [1.82, 2.24) is 10.6 Å². The van der Waals surface area contributed by atoms with E-state index in [4.69, 9.17) is 5.26 Å². The van der Waals surface area contributed by atoms with Crippen molar-refractivity contribution < 1.29 is 9.59 Å². The summed E-state index contributed by atoms with van der Waals surface area (Å²) in [5, 5.41) is 14.1. The van der Waals surface area contributed by atoms with Crippen molar-refractivity contribution in [2.24, 2.45) is 5.92 Å². The number of carbonyl (C=O) groups excluding carboxylic acids is 2. The van der Waals surface area contributed by atoms with Gasteiger partial charge in [0.1, 0.15) is 0 Å². The Balaban J connectivity index is 3.31. The van der Waals surface area contributed by atoms with Crippen LogP contribution in [0.2, 0.25) is 0 Å². The average Bonchev–Trinajstić information content (AvgIpc) is 2.34. The van der Waals surface area contributed by atoms with Crippen molar-refractivity contribution >= 4 is 11.8 Å². The zero-order chi connectivity index (χ0) is 13.8. The van der Waals surface area contributed by atoms with Crippen LogP contribution >= 0.6 is 0 Å². The first-order chi connectivity index (χ1) is 8.56. The van der Waals surface area contributed by atoms with Gasteiger partial charge in [0.15, 0.2) is 0 Å². The van der Waals surface area contributed by atoms with E-state index in [1.54, 1.807) is 0 Å². The minimum Gasteiger partial charge on any atom is -0.356 e. The highest BCUT2D eigenvalue weighted by molar-refractivity contribution is 5.75. The second-order valence-corrected chi connectivity index (χ2v) is 4.46. The maximum Gasteiger partial charge on any atom is 0.220 e. The molecule has 0 saturated heterocycles. The lowest BCUT2D eigenvalue weighted by atomic mass is 10.1. The Morgan fingerprint density at radius 1 is 1.17 bits per heavy atom. The maximum absolute atomic E-state index is 11.4. The van der Waals surface area contributed by atoms with Crippen LogP contribution in [-0.4, -0.2) is 24.9 Å². The summed E-state index contributed by atoms with van der Waals surface area (Å²) < 4.78 is 0. The number of rotatable bonds is 9. The Morgan fingerprint density at radius 2 is 1.78 bits per heavy atom. The van der Waals surface area contributed by atoms with Crippen LogP contribution in [0.3, 0.4) is 0 Å². The lowest BCUT2D eigenvalue weighted by Crippen LogP contribution is -2.25. The van der Waals surface area contributed by atoms with Gasteiger partial charge < -0.3 is 10.6 Å². The van der Waals surface area contributed by atoms with Gasteiger partial charge in [-0.3, -0.25) is 9.59 Å². The molecule has 0 heterocycles. The summed E-state index contributed by atoms with van der Waals surface area (Å²) in [5.41, 5.74) is 0. The third-order valence-corrected chi connectivity index (χ3v) is 2.57. The molecule has 102 valence electrons. The highest BCUT2D eigenvalue weighted by Gasteiger charge is 2.04. The Hall–Kier alpha value is -1.57. The van der Waals surface area contributed by atoms with Crippen molar-refractivity contribution in [3.63, 3.8) is 0 Å². The summed E-state index contributed by atoms with van der Waals surface area (Å²) in [7, 11) is 0. The molecule has 18 heavy (non-hydrogen) atoms. The Labute approximate surface area is 109 Å². The van der Waals surface area contributed by atoms with Crippen LogP contribution in [0.15, 0.2) is 0 Å². The zero-order valence-electron chi connectivity index (χ0n) is 11.3. The first kappa shape index (κ1) is 16.4. The van der Waals surface area contributed by atoms with E-state index in [1.807, 2.05) is 6.92 Å². The topological polar surface area (TPSA) is 82.0 Å². The Morgan fingerprint density at radius 3 is 2.33 bits per heavy atom. The molecule has 0 aliphatic carbocycles. The minimum absolute atomic E-state index is 0.00471. The van der Waals surface area contributed by atoms with E-state index in [0.29, 0.717) is 25.9 Å². The summed E-state index contributed by atoms with van der Waals surface area (Å²) in [6.07, 6.45) is 3.86. The smallest absolute Gasteiger partial charge is 0.220 e. The fourth-order valence-electron chi connectivity index (χ4n) is 1.42. The zero-order valence-corrected chi connectivity index (χ0v) is 11.3. The molecular formula is C13H23N3O2. The van der Waals surface area contributed by atoms with E-state index < -0.39 is 0 Å². The number of amides is 2. The summed E-state index contributed by atoms with van der Waals surface area (Å²) in [5.74, 6) is -0.0534. The second kappa shape index (κ2) is 10.6. The molecule has 1 unspecified atom stereocenters. The lowest BCUT2D eigenvalue weighted by molar-refractivity contribution is -0.121. The van der Waals surface area contributed by atoms with Crippen LogP contribution in [0, 0.1) is 17.2 Å². The van der Waals surface area contributed by atoms with Crippen molar-refractivity contribution in [2.45, 2.75) is 46.0 Å². The van der Waals surface area contributed by atoms with Crippen molar-refractivity contribution in [3.05, 3.63) is 0 Å². The van der Waals surface area contributed by atoms with Crippen LogP contribution in [0.4, 0.5) is 0 Å². The van der Waals surface area contributed by atoms with E-state index in [2.05, 4.69) is 16.7 Å². The van der Waals surface area contributed by atoms with Gasteiger partial charge in [0.25, 0.3) is 0 Å². The number of hydrogen-bond donors (Lipinski definition) is 2. The fraction of sp³-hybridized carbons (Fsp3) is 0.769. The molecular weight excluding hydrogens is 230 g/mol. The fourth-order valence-corrected chi connectivity index (χ4v) is 1.42. The van der Waals surface area contributed by atoms with Gasteiger partial charge in [-0.2, -0.15) is 5.26 Å². The standard InChI is InChI=1S/C13H23N3O2/c1-11(10-14)6-7-13(18)16-9-5-3-4-8-15-12(2)17/h11H,3-9H2,1-2H3,(H,15,17)(H,16,18). The number of carbonyl (C=O) groups is 2. The summed E-state index contributed by atoms with van der Waals surface area (Å²) in [6, 6.07) is 2.11. The average molecular weight is 253 g/mol. The quantitative estimate of drug-likeness (QED) is 0.608. The van der Waals surface area contributed by atoms with E-state index in [-0.39, 0.29) is 17.7 Å². The molecule has 0 rings (SSSR count). The minimum atomic E-state index is -0.0617. The first-order valence-corrected chi connectivity index (χ1v) is 6.47. The number of hydrogen-bond acceptors (Lipinski definition) is 3. The maximum atomic E-state index is 11.4. The third-order valence-electron chi connectivity index (χ3n) is 2.57. The van der Waals surface area contributed by atoms with Crippen LogP contribution in [0.25, 0.3) is 0 Å². The summed E-state index contributed by atoms with van der Waals surface area (Å²) in [4.78, 5) is 21.9. The number of nitrogens with zero attached hydrogens (tertiary/aromatic N) is 1. The highest BCUT2D eigenvalue weighted by atomic mass is 16.2. The van der Waals surface area contributed by atoms with Gasteiger partial charge in [-0.15, -0.1) is 0 Å².